The van der Waals surface area contributed by atoms with Gasteiger partial charge in [-0.25, -0.2) is 0 Å². The Labute approximate surface area is 184 Å². The van der Waals surface area contributed by atoms with Crippen LogP contribution in [-0.2, 0) is 19.5 Å². The first-order valence-electron chi connectivity index (χ1n) is 10.1. The lowest BCUT2D eigenvalue weighted by Crippen LogP contribution is -2.36. The number of ether oxygens (including phenoxy) is 5. The fourth-order valence-corrected chi connectivity index (χ4v) is 3.70. The number of hydrogen-bond acceptors (Lipinski definition) is 6. The zero-order valence-corrected chi connectivity index (χ0v) is 18.0. The van der Waals surface area contributed by atoms with Crippen molar-refractivity contribution in [3.63, 3.8) is 0 Å². The molecule has 172 valence electrons. The zero-order chi connectivity index (χ0) is 22.7. The van der Waals surface area contributed by atoms with Crippen LogP contribution in [0.4, 0.5) is 8.78 Å². The molecule has 0 bridgehead atoms. The van der Waals surface area contributed by atoms with E-state index in [9.17, 15) is 8.78 Å². The molecule has 0 radical (unpaired) electrons. The first-order chi connectivity index (χ1) is 15.5. The molecule has 0 saturated carbocycles. The van der Waals surface area contributed by atoms with E-state index in [1.54, 1.807) is 20.2 Å². The number of nitrogens with zero attached hydrogens (tertiary/aromatic N) is 1. The Kier molecular flexibility index (Phi) is 6.38. The lowest BCUT2D eigenvalue weighted by molar-refractivity contribution is -0.0505. The van der Waals surface area contributed by atoms with Gasteiger partial charge in [0.1, 0.15) is 23.4 Å². The van der Waals surface area contributed by atoms with Crippen LogP contribution in [0.2, 0.25) is 0 Å². The summed E-state index contributed by atoms with van der Waals surface area (Å²) in [5.41, 5.74) is 2.51. The average Bonchev–Trinajstić information content (AvgIpc) is 3.36. The third kappa shape index (κ3) is 4.74. The molecule has 1 unspecified atom stereocenters. The van der Waals surface area contributed by atoms with E-state index in [0.717, 1.165) is 29.0 Å². The van der Waals surface area contributed by atoms with Gasteiger partial charge in [-0.05, 0) is 25.1 Å². The van der Waals surface area contributed by atoms with Crippen LogP contribution < -0.4 is 34.3 Å². The van der Waals surface area contributed by atoms with Crippen molar-refractivity contribution in [2.24, 2.45) is 4.99 Å². The molecule has 0 saturated heterocycles. The number of halogens is 2. The molecule has 8 nitrogen and oxygen atoms in total. The molecule has 1 atom stereocenters. The summed E-state index contributed by atoms with van der Waals surface area (Å²) >= 11 is 0. The van der Waals surface area contributed by atoms with Gasteiger partial charge in [0.2, 0.25) is 6.79 Å². The van der Waals surface area contributed by atoms with Gasteiger partial charge in [0.25, 0.3) is 0 Å². The topological polar surface area (TPSA) is 82.6 Å². The molecule has 0 fully saturated rings. The predicted molar refractivity (Wildman–Crippen MR) is 113 cm³/mol. The number of fused-ring (bicyclic) bond motifs is 2. The quantitative estimate of drug-likeness (QED) is 0.496. The summed E-state index contributed by atoms with van der Waals surface area (Å²) in [5, 5.41) is 6.31. The first kappa shape index (κ1) is 21.8. The van der Waals surface area contributed by atoms with E-state index in [1.807, 2.05) is 19.1 Å². The fraction of sp³-hybridized carbons (Fsp3) is 0.409. The van der Waals surface area contributed by atoms with Crippen molar-refractivity contribution in [3.05, 3.63) is 41.0 Å². The highest BCUT2D eigenvalue weighted by atomic mass is 19.3. The Morgan fingerprint density at radius 1 is 1.06 bits per heavy atom. The van der Waals surface area contributed by atoms with Gasteiger partial charge in [-0.3, -0.25) is 4.99 Å². The van der Waals surface area contributed by atoms with Crippen LogP contribution in [0.1, 0.15) is 23.6 Å². The molecule has 2 aliphatic rings. The summed E-state index contributed by atoms with van der Waals surface area (Å²) in [4.78, 5) is 4.20. The molecule has 0 aromatic heterocycles. The molecule has 2 aromatic carbocycles. The second-order valence-electron chi connectivity index (χ2n) is 7.38. The van der Waals surface area contributed by atoms with E-state index in [2.05, 4.69) is 20.4 Å². The van der Waals surface area contributed by atoms with Crippen LogP contribution >= 0.6 is 0 Å². The van der Waals surface area contributed by atoms with Crippen molar-refractivity contribution < 1.29 is 32.5 Å². The maximum atomic E-state index is 12.8. The van der Waals surface area contributed by atoms with E-state index in [4.69, 9.17) is 18.9 Å². The SMILES string of the molecule is CN=C(NCc1cc2c(cc1OC)CC(C)O2)NCc1cc2c(cc1OC(F)F)OCO2. The van der Waals surface area contributed by atoms with Gasteiger partial charge < -0.3 is 34.3 Å². The van der Waals surface area contributed by atoms with Gasteiger partial charge in [-0.15, -0.1) is 0 Å². The molecule has 0 amide bonds. The molecule has 0 aliphatic carbocycles. The van der Waals surface area contributed by atoms with E-state index in [0.29, 0.717) is 29.6 Å². The van der Waals surface area contributed by atoms with Crippen LogP contribution in [0, 0.1) is 0 Å². The van der Waals surface area contributed by atoms with E-state index in [1.165, 1.54) is 6.07 Å². The number of benzene rings is 2. The van der Waals surface area contributed by atoms with Gasteiger partial charge >= 0.3 is 6.61 Å². The van der Waals surface area contributed by atoms with Crippen molar-refractivity contribution in [2.75, 3.05) is 21.0 Å². The third-order valence-electron chi connectivity index (χ3n) is 5.19. The largest absolute Gasteiger partial charge is 0.496 e. The van der Waals surface area contributed by atoms with Gasteiger partial charge in [0.15, 0.2) is 17.5 Å². The molecule has 4 rings (SSSR count). The van der Waals surface area contributed by atoms with Gasteiger partial charge in [-0.2, -0.15) is 8.78 Å². The van der Waals surface area contributed by atoms with E-state index in [-0.39, 0.29) is 25.2 Å². The molecule has 2 N–H and O–H groups in total. The maximum absolute atomic E-state index is 12.8. The zero-order valence-electron chi connectivity index (χ0n) is 18.0. The predicted octanol–water partition coefficient (Wildman–Crippen LogP) is 3.21. The van der Waals surface area contributed by atoms with E-state index < -0.39 is 6.61 Å². The molecule has 10 heteroatoms. The number of hydrogen-bond donors (Lipinski definition) is 2. The summed E-state index contributed by atoms with van der Waals surface area (Å²) in [5.74, 6) is 2.94. The van der Waals surface area contributed by atoms with Crippen LogP contribution in [0.5, 0.6) is 28.7 Å². The molecule has 2 aromatic rings. The van der Waals surface area contributed by atoms with Gasteiger partial charge in [-0.1, -0.05) is 0 Å². The monoisotopic (exact) mass is 449 g/mol. The Balaban J connectivity index is 1.43. The second-order valence-corrected chi connectivity index (χ2v) is 7.38. The van der Waals surface area contributed by atoms with E-state index >= 15 is 0 Å². The number of rotatable bonds is 7. The third-order valence-corrected chi connectivity index (χ3v) is 5.19. The number of aliphatic imine (C=N–C) groups is 1. The number of nitrogens with one attached hydrogen (secondary N) is 2. The lowest BCUT2D eigenvalue weighted by Gasteiger charge is -2.16. The van der Waals surface area contributed by atoms with Crippen LogP contribution in [0.3, 0.4) is 0 Å². The number of methoxy groups -OCH3 is 1. The maximum Gasteiger partial charge on any atom is 0.387 e. The van der Waals surface area contributed by atoms with Crippen LogP contribution in [-0.4, -0.2) is 39.6 Å². The van der Waals surface area contributed by atoms with Gasteiger partial charge in [0.05, 0.1) is 7.11 Å². The number of guanidine groups is 1. The second kappa shape index (κ2) is 9.37. The highest BCUT2D eigenvalue weighted by molar-refractivity contribution is 5.79. The molecule has 2 aliphatic heterocycles. The van der Waals surface area contributed by atoms with Crippen molar-refractivity contribution in [2.45, 2.75) is 39.1 Å². The standard InChI is InChI=1S/C22H25F2N3O5/c1-12-4-13-5-16(28-3)14(6-17(13)31-12)9-26-22(25-2)27-10-15-7-19-20(30-11-29-19)8-18(15)32-21(23)24/h5-8,12,21H,4,9-11H2,1-3H3,(H2,25,26,27). The Bertz CT molecular complexity index is 1020. The minimum absolute atomic E-state index is 0.0127. The molecule has 0 spiro atoms. The van der Waals surface area contributed by atoms with Crippen molar-refractivity contribution in [3.8, 4) is 28.7 Å². The smallest absolute Gasteiger partial charge is 0.387 e. The van der Waals surface area contributed by atoms with Gasteiger partial charge in [0, 0.05) is 49.3 Å². The summed E-state index contributed by atoms with van der Waals surface area (Å²) < 4.78 is 52.3. The molecular formula is C22H25F2N3O5. The lowest BCUT2D eigenvalue weighted by atomic mass is 10.1. The Morgan fingerprint density at radius 2 is 1.72 bits per heavy atom. The van der Waals surface area contributed by atoms with Crippen molar-refractivity contribution in [1.82, 2.24) is 10.6 Å². The summed E-state index contributed by atoms with van der Waals surface area (Å²) in [6, 6.07) is 6.97. The Hall–Kier alpha value is -3.43. The normalized spacial score (nSPS) is 16.6. The summed E-state index contributed by atoms with van der Waals surface area (Å²) in [6.45, 7) is -0.286. The molecular weight excluding hydrogens is 424 g/mol. The highest BCUT2D eigenvalue weighted by Crippen LogP contribution is 2.39. The molecule has 32 heavy (non-hydrogen) atoms. The Morgan fingerprint density at radius 3 is 2.38 bits per heavy atom. The summed E-state index contributed by atoms with van der Waals surface area (Å²) in [7, 11) is 3.25. The molecule has 2 heterocycles. The fourth-order valence-electron chi connectivity index (χ4n) is 3.70. The highest BCUT2D eigenvalue weighted by Gasteiger charge is 2.22. The minimum atomic E-state index is -2.95. The number of alkyl halides is 2. The van der Waals surface area contributed by atoms with Crippen LogP contribution in [0.15, 0.2) is 29.3 Å². The summed E-state index contributed by atoms with van der Waals surface area (Å²) in [6.07, 6.45) is 0.986. The van der Waals surface area contributed by atoms with Crippen molar-refractivity contribution in [1.29, 1.82) is 0 Å². The average molecular weight is 449 g/mol. The first-order valence-corrected chi connectivity index (χ1v) is 10.1. The van der Waals surface area contributed by atoms with Crippen LogP contribution in [0.25, 0.3) is 0 Å². The van der Waals surface area contributed by atoms with Crippen molar-refractivity contribution >= 4 is 5.96 Å². The minimum Gasteiger partial charge on any atom is -0.496 e.